The fraction of sp³-hybridized carbons (Fsp3) is 0.273. The largest absolute Gasteiger partial charge is 0.480 e. The molecule has 0 bridgehead atoms. The summed E-state index contributed by atoms with van der Waals surface area (Å²) >= 11 is 0. The minimum absolute atomic E-state index is 0.343. The number of anilines is 1. The van der Waals surface area contributed by atoms with Gasteiger partial charge < -0.3 is 9.64 Å². The summed E-state index contributed by atoms with van der Waals surface area (Å²) in [6.45, 7) is 3.85. The Morgan fingerprint density at radius 2 is 1.48 bits per heavy atom. The number of aromatic nitrogens is 2. The normalized spacial score (nSPS) is 16.9. The van der Waals surface area contributed by atoms with Crippen LogP contribution < -0.4 is 9.64 Å². The highest BCUT2D eigenvalue weighted by atomic mass is 16.5. The van der Waals surface area contributed by atoms with Crippen molar-refractivity contribution < 1.29 is 4.74 Å². The van der Waals surface area contributed by atoms with Crippen molar-refractivity contribution in [1.29, 1.82) is 0 Å². The Hall–Kier alpha value is -2.92. The van der Waals surface area contributed by atoms with E-state index in [1.165, 1.54) is 22.3 Å². The van der Waals surface area contributed by atoms with Crippen LogP contribution in [0.4, 0.5) is 5.82 Å². The van der Waals surface area contributed by atoms with Gasteiger partial charge in [-0.15, -0.1) is 0 Å². The molecule has 0 N–H and O–H groups in total. The van der Waals surface area contributed by atoms with Gasteiger partial charge in [0.15, 0.2) is 5.82 Å². The molecule has 2 heterocycles. The van der Waals surface area contributed by atoms with Crippen molar-refractivity contribution in [2.24, 2.45) is 0 Å². The maximum atomic E-state index is 5.22. The standard InChI is InChI=1S/C22H22N4O/c1-27-21-15-23-14-20(24-21)25-10-12-26(13-11-25)22-18-8-4-2-6-16(18)17-7-3-5-9-19(17)22/h2-9,14-15,22H,10-13H2,1H3. The van der Waals surface area contributed by atoms with Crippen molar-refractivity contribution in [2.75, 3.05) is 38.2 Å². The van der Waals surface area contributed by atoms with Crippen molar-refractivity contribution in [3.05, 3.63) is 72.1 Å². The molecule has 1 aliphatic carbocycles. The summed E-state index contributed by atoms with van der Waals surface area (Å²) in [6.07, 6.45) is 3.46. The Labute approximate surface area is 159 Å². The molecule has 0 atom stereocenters. The minimum atomic E-state index is 0.343. The minimum Gasteiger partial charge on any atom is -0.480 e. The molecule has 1 aromatic heterocycles. The lowest BCUT2D eigenvalue weighted by atomic mass is 10.0. The maximum Gasteiger partial charge on any atom is 0.233 e. The van der Waals surface area contributed by atoms with Crippen molar-refractivity contribution in [3.63, 3.8) is 0 Å². The Kier molecular flexibility index (Phi) is 4.02. The third-order valence-corrected chi connectivity index (χ3v) is 5.61. The van der Waals surface area contributed by atoms with Crippen molar-refractivity contribution in [2.45, 2.75) is 6.04 Å². The van der Waals surface area contributed by atoms with Crippen molar-refractivity contribution >= 4 is 5.82 Å². The molecule has 3 aromatic rings. The Morgan fingerprint density at radius 3 is 2.11 bits per heavy atom. The van der Waals surface area contributed by atoms with Crippen LogP contribution in [-0.4, -0.2) is 48.2 Å². The first kappa shape index (κ1) is 16.3. The monoisotopic (exact) mass is 358 g/mol. The van der Waals surface area contributed by atoms with E-state index in [9.17, 15) is 0 Å². The highest BCUT2D eigenvalue weighted by molar-refractivity contribution is 5.78. The summed E-state index contributed by atoms with van der Waals surface area (Å²) in [7, 11) is 1.63. The van der Waals surface area contributed by atoms with E-state index in [-0.39, 0.29) is 0 Å². The molecular formula is C22H22N4O. The van der Waals surface area contributed by atoms with Gasteiger partial charge in [-0.3, -0.25) is 9.88 Å². The molecule has 2 aliphatic rings. The second kappa shape index (κ2) is 6.67. The smallest absolute Gasteiger partial charge is 0.233 e. The summed E-state index contributed by atoms with van der Waals surface area (Å²) in [5.74, 6) is 1.45. The van der Waals surface area contributed by atoms with E-state index < -0.39 is 0 Å². The first-order valence-corrected chi connectivity index (χ1v) is 9.38. The van der Waals surface area contributed by atoms with E-state index in [1.54, 1.807) is 13.3 Å². The molecule has 1 fully saturated rings. The van der Waals surface area contributed by atoms with Gasteiger partial charge in [-0.2, -0.15) is 4.98 Å². The molecule has 0 unspecified atom stereocenters. The van der Waals surface area contributed by atoms with Gasteiger partial charge in [0.2, 0.25) is 5.88 Å². The molecule has 0 saturated carbocycles. The number of hydrogen-bond acceptors (Lipinski definition) is 5. The van der Waals surface area contributed by atoms with Crippen LogP contribution in [0.2, 0.25) is 0 Å². The van der Waals surface area contributed by atoms with Gasteiger partial charge in [-0.25, -0.2) is 0 Å². The highest BCUT2D eigenvalue weighted by Gasteiger charge is 2.34. The van der Waals surface area contributed by atoms with Gasteiger partial charge in [-0.05, 0) is 22.3 Å². The first-order chi connectivity index (χ1) is 13.3. The SMILES string of the molecule is COc1cncc(N2CCN(C3c4ccccc4-c4ccccc43)CC2)n1. The van der Waals surface area contributed by atoms with Crippen LogP contribution in [-0.2, 0) is 0 Å². The van der Waals surface area contributed by atoms with E-state index in [0.717, 1.165) is 32.0 Å². The van der Waals surface area contributed by atoms with Crippen molar-refractivity contribution in [1.82, 2.24) is 14.9 Å². The molecule has 5 heteroatoms. The summed E-state index contributed by atoms with van der Waals surface area (Å²) in [6, 6.07) is 18.0. The summed E-state index contributed by atoms with van der Waals surface area (Å²) in [4.78, 5) is 13.7. The quantitative estimate of drug-likeness (QED) is 0.718. The van der Waals surface area contributed by atoms with Crippen LogP contribution in [0.1, 0.15) is 17.2 Å². The zero-order chi connectivity index (χ0) is 18.2. The zero-order valence-corrected chi connectivity index (χ0v) is 15.4. The van der Waals surface area contributed by atoms with E-state index in [1.807, 2.05) is 6.20 Å². The topological polar surface area (TPSA) is 41.5 Å². The zero-order valence-electron chi connectivity index (χ0n) is 15.4. The second-order valence-corrected chi connectivity index (χ2v) is 7.02. The summed E-state index contributed by atoms with van der Waals surface area (Å²) in [5, 5.41) is 0. The molecule has 5 rings (SSSR count). The van der Waals surface area contributed by atoms with Gasteiger partial charge in [0.05, 0.1) is 25.5 Å². The van der Waals surface area contributed by atoms with E-state index >= 15 is 0 Å². The number of nitrogens with zero attached hydrogens (tertiary/aromatic N) is 4. The predicted molar refractivity (Wildman–Crippen MR) is 106 cm³/mol. The fourth-order valence-corrected chi connectivity index (χ4v) is 4.32. The lowest BCUT2D eigenvalue weighted by Gasteiger charge is -2.39. The molecule has 136 valence electrons. The molecule has 0 spiro atoms. The average Bonchev–Trinajstić information content (AvgIpc) is 3.08. The summed E-state index contributed by atoms with van der Waals surface area (Å²) < 4.78 is 5.22. The second-order valence-electron chi connectivity index (χ2n) is 7.02. The Morgan fingerprint density at radius 1 is 0.852 bits per heavy atom. The summed E-state index contributed by atoms with van der Waals surface area (Å²) in [5.41, 5.74) is 5.60. The lowest BCUT2D eigenvalue weighted by Crippen LogP contribution is -2.47. The predicted octanol–water partition coefficient (Wildman–Crippen LogP) is 3.38. The van der Waals surface area contributed by atoms with Crippen molar-refractivity contribution in [3.8, 4) is 17.0 Å². The molecular weight excluding hydrogens is 336 g/mol. The molecule has 1 saturated heterocycles. The van der Waals surface area contributed by atoms with Gasteiger partial charge >= 0.3 is 0 Å². The van der Waals surface area contributed by atoms with Crippen LogP contribution in [0.5, 0.6) is 5.88 Å². The molecule has 5 nitrogen and oxygen atoms in total. The van der Waals surface area contributed by atoms with E-state index in [2.05, 4.69) is 68.3 Å². The Balaban J connectivity index is 1.40. The highest BCUT2D eigenvalue weighted by Crippen LogP contribution is 2.46. The van der Waals surface area contributed by atoms with Gasteiger partial charge in [-0.1, -0.05) is 48.5 Å². The molecule has 27 heavy (non-hydrogen) atoms. The number of benzene rings is 2. The third kappa shape index (κ3) is 2.75. The molecule has 0 amide bonds. The van der Waals surface area contributed by atoms with Gasteiger partial charge in [0, 0.05) is 26.2 Å². The third-order valence-electron chi connectivity index (χ3n) is 5.61. The number of methoxy groups -OCH3 is 1. The van der Waals surface area contributed by atoms with Crippen LogP contribution in [0.3, 0.4) is 0 Å². The number of rotatable bonds is 3. The molecule has 2 aromatic carbocycles. The number of piperazine rings is 1. The number of fused-ring (bicyclic) bond motifs is 3. The Bertz CT molecular complexity index is 920. The van der Waals surface area contributed by atoms with E-state index in [4.69, 9.17) is 4.74 Å². The van der Waals surface area contributed by atoms with Crippen LogP contribution in [0, 0.1) is 0 Å². The maximum absolute atomic E-state index is 5.22. The molecule has 1 aliphatic heterocycles. The first-order valence-electron chi connectivity index (χ1n) is 9.38. The lowest BCUT2D eigenvalue weighted by molar-refractivity contribution is 0.215. The van der Waals surface area contributed by atoms with Gasteiger partial charge in [0.25, 0.3) is 0 Å². The average molecular weight is 358 g/mol. The van der Waals surface area contributed by atoms with Gasteiger partial charge in [0.1, 0.15) is 0 Å². The number of ether oxygens (including phenoxy) is 1. The van der Waals surface area contributed by atoms with Crippen LogP contribution in [0.15, 0.2) is 60.9 Å². The van der Waals surface area contributed by atoms with E-state index in [0.29, 0.717) is 11.9 Å². The van der Waals surface area contributed by atoms with Crippen LogP contribution >= 0.6 is 0 Å². The molecule has 0 radical (unpaired) electrons. The fourth-order valence-electron chi connectivity index (χ4n) is 4.32. The van der Waals surface area contributed by atoms with Crippen LogP contribution in [0.25, 0.3) is 11.1 Å². The number of hydrogen-bond donors (Lipinski definition) is 0.